The minimum absolute atomic E-state index is 0.145. The maximum atomic E-state index is 12.4. The standard InChI is InChI=1S/C18H15NOS2/c1-19-12-22(11-15(20)16-7-4-10-21-16)17-9-8-13-5-2-3-6-14(13)18(17)19/h2-11H,12H2,1H3. The molecule has 1 atom stereocenters. The second kappa shape index (κ2) is 5.38. The Labute approximate surface area is 135 Å². The number of benzene rings is 2. The topological polar surface area (TPSA) is 20.3 Å². The highest BCUT2D eigenvalue weighted by atomic mass is 32.2. The van der Waals surface area contributed by atoms with E-state index in [1.807, 2.05) is 22.9 Å². The summed E-state index contributed by atoms with van der Waals surface area (Å²) in [5.74, 6) is 1.04. The number of carbonyl (C=O) groups is 1. The summed E-state index contributed by atoms with van der Waals surface area (Å²) >= 11 is 1.51. The number of Topliss-reactive ketones (excluding diaryl/α,β-unsaturated/α-hetero) is 1. The third kappa shape index (κ3) is 2.19. The van der Waals surface area contributed by atoms with Crippen LogP contribution in [-0.4, -0.2) is 24.1 Å². The Kier molecular flexibility index (Phi) is 3.36. The number of nitrogens with zero attached hydrogens (tertiary/aromatic N) is 1. The summed E-state index contributed by atoms with van der Waals surface area (Å²) in [4.78, 5) is 16.8. The van der Waals surface area contributed by atoms with Gasteiger partial charge in [-0.15, -0.1) is 21.8 Å². The van der Waals surface area contributed by atoms with Crippen molar-refractivity contribution in [1.29, 1.82) is 0 Å². The van der Waals surface area contributed by atoms with Crippen molar-refractivity contribution in [3.05, 3.63) is 58.8 Å². The molecular weight excluding hydrogens is 310 g/mol. The lowest BCUT2D eigenvalue weighted by molar-refractivity contribution is 0.107. The van der Waals surface area contributed by atoms with Crippen LogP contribution in [0.2, 0.25) is 0 Å². The van der Waals surface area contributed by atoms with E-state index in [9.17, 15) is 4.79 Å². The summed E-state index contributed by atoms with van der Waals surface area (Å²) in [6.07, 6.45) is 0. The van der Waals surface area contributed by atoms with Gasteiger partial charge in [0.2, 0.25) is 5.78 Å². The first kappa shape index (κ1) is 13.7. The largest absolute Gasteiger partial charge is 0.364 e. The first-order valence-electron chi connectivity index (χ1n) is 7.09. The van der Waals surface area contributed by atoms with Gasteiger partial charge in [-0.3, -0.25) is 4.79 Å². The van der Waals surface area contributed by atoms with E-state index < -0.39 is 0 Å². The van der Waals surface area contributed by atoms with E-state index in [0.29, 0.717) is 0 Å². The van der Waals surface area contributed by atoms with Crippen LogP contribution in [0.4, 0.5) is 5.69 Å². The zero-order valence-corrected chi connectivity index (χ0v) is 13.8. The fourth-order valence-corrected chi connectivity index (χ4v) is 5.63. The molecule has 2 heterocycles. The first-order chi connectivity index (χ1) is 10.7. The summed E-state index contributed by atoms with van der Waals surface area (Å²) in [5, 5.41) is 6.38. The van der Waals surface area contributed by atoms with Crippen molar-refractivity contribution < 1.29 is 4.79 Å². The normalized spacial score (nSPS) is 17.1. The van der Waals surface area contributed by atoms with Crippen molar-refractivity contribution in [3.63, 3.8) is 0 Å². The van der Waals surface area contributed by atoms with Gasteiger partial charge in [0, 0.05) is 22.7 Å². The molecule has 110 valence electrons. The highest BCUT2D eigenvalue weighted by Crippen LogP contribution is 2.46. The van der Waals surface area contributed by atoms with Crippen LogP contribution < -0.4 is 4.90 Å². The van der Waals surface area contributed by atoms with Gasteiger partial charge in [0.05, 0.1) is 16.4 Å². The number of fused-ring (bicyclic) bond motifs is 3. The predicted molar refractivity (Wildman–Crippen MR) is 97.8 cm³/mol. The summed E-state index contributed by atoms with van der Waals surface area (Å²) in [6, 6.07) is 16.6. The molecule has 4 rings (SSSR count). The van der Waals surface area contributed by atoms with Crippen LogP contribution in [0.1, 0.15) is 9.67 Å². The third-order valence-electron chi connectivity index (χ3n) is 3.87. The molecule has 0 spiro atoms. The molecule has 1 aliphatic heterocycles. The zero-order valence-electron chi connectivity index (χ0n) is 12.2. The Morgan fingerprint density at radius 2 is 2.05 bits per heavy atom. The molecule has 2 nitrogen and oxygen atoms in total. The van der Waals surface area contributed by atoms with Crippen LogP contribution >= 0.6 is 21.8 Å². The zero-order chi connectivity index (χ0) is 15.1. The Morgan fingerprint density at radius 1 is 1.18 bits per heavy atom. The lowest BCUT2D eigenvalue weighted by Crippen LogP contribution is -2.12. The van der Waals surface area contributed by atoms with Crippen LogP contribution in [0.3, 0.4) is 0 Å². The molecule has 1 aromatic heterocycles. The number of thiophene rings is 1. The van der Waals surface area contributed by atoms with Crippen LogP contribution in [0, 0.1) is 0 Å². The monoisotopic (exact) mass is 325 g/mol. The summed E-state index contributed by atoms with van der Waals surface area (Å²) in [6.45, 7) is 0. The number of hydrogen-bond donors (Lipinski definition) is 0. The SMILES string of the molecule is CN1CS(=CC(=O)c2cccs2)c2ccc3ccccc3c21. The third-order valence-corrected chi connectivity index (χ3v) is 6.82. The van der Waals surface area contributed by atoms with Crippen LogP contribution in [0.15, 0.2) is 58.8 Å². The Bertz CT molecular complexity index is 897. The molecule has 0 fully saturated rings. The molecule has 0 N–H and O–H groups in total. The number of anilines is 1. The second-order valence-electron chi connectivity index (χ2n) is 5.35. The molecule has 0 saturated carbocycles. The van der Waals surface area contributed by atoms with Gasteiger partial charge in [-0.05, 0) is 22.9 Å². The molecule has 1 aliphatic rings. The molecule has 0 radical (unpaired) electrons. The van der Waals surface area contributed by atoms with Gasteiger partial charge in [-0.2, -0.15) is 0 Å². The Hall–Kier alpha value is -1.91. The average molecular weight is 325 g/mol. The fourth-order valence-electron chi connectivity index (χ4n) is 2.89. The highest BCUT2D eigenvalue weighted by Gasteiger charge is 2.23. The summed E-state index contributed by atoms with van der Waals surface area (Å²) in [5.41, 5.74) is 1.27. The fraction of sp³-hybridized carbons (Fsp3) is 0.111. The molecule has 0 amide bonds. The van der Waals surface area contributed by atoms with E-state index in [4.69, 9.17) is 0 Å². The van der Waals surface area contributed by atoms with Gasteiger partial charge < -0.3 is 4.90 Å². The minimum Gasteiger partial charge on any atom is -0.364 e. The van der Waals surface area contributed by atoms with Gasteiger partial charge in [-0.25, -0.2) is 0 Å². The van der Waals surface area contributed by atoms with E-state index in [0.717, 1.165) is 10.8 Å². The van der Waals surface area contributed by atoms with Crippen molar-refractivity contribution in [3.8, 4) is 0 Å². The van der Waals surface area contributed by atoms with Gasteiger partial charge in [0.1, 0.15) is 0 Å². The molecule has 0 saturated heterocycles. The predicted octanol–water partition coefficient (Wildman–Crippen LogP) is 4.62. The van der Waals surface area contributed by atoms with Crippen molar-refractivity contribution in [1.82, 2.24) is 0 Å². The Balaban J connectivity index is 1.84. The molecule has 2 aromatic carbocycles. The van der Waals surface area contributed by atoms with Crippen LogP contribution in [0.5, 0.6) is 0 Å². The van der Waals surface area contributed by atoms with E-state index in [2.05, 4.69) is 48.3 Å². The van der Waals surface area contributed by atoms with E-state index in [1.165, 1.54) is 32.7 Å². The second-order valence-corrected chi connectivity index (χ2v) is 8.09. The Morgan fingerprint density at radius 3 is 2.86 bits per heavy atom. The van der Waals surface area contributed by atoms with Crippen molar-refractivity contribution in [2.75, 3.05) is 17.8 Å². The highest BCUT2D eigenvalue weighted by molar-refractivity contribution is 8.16. The first-order valence-corrected chi connectivity index (χ1v) is 9.43. The summed E-state index contributed by atoms with van der Waals surface area (Å²) < 4.78 is 0. The van der Waals surface area contributed by atoms with Gasteiger partial charge in [0.15, 0.2) is 0 Å². The van der Waals surface area contributed by atoms with Crippen LogP contribution in [-0.2, 0) is 0 Å². The molecule has 1 unspecified atom stereocenters. The molecule has 0 aliphatic carbocycles. The molecule has 3 aromatic rings. The number of ketones is 1. The lowest BCUT2D eigenvalue weighted by atomic mass is 10.1. The van der Waals surface area contributed by atoms with Crippen molar-refractivity contribution in [2.45, 2.75) is 4.90 Å². The maximum absolute atomic E-state index is 12.4. The van der Waals surface area contributed by atoms with Crippen molar-refractivity contribution >= 4 is 49.4 Å². The molecule has 0 bridgehead atoms. The quantitative estimate of drug-likeness (QED) is 0.506. The van der Waals surface area contributed by atoms with Crippen molar-refractivity contribution in [2.24, 2.45) is 0 Å². The minimum atomic E-state index is -0.145. The van der Waals surface area contributed by atoms with E-state index in [1.54, 1.807) is 0 Å². The van der Waals surface area contributed by atoms with E-state index in [-0.39, 0.29) is 16.3 Å². The van der Waals surface area contributed by atoms with Gasteiger partial charge in [0.25, 0.3) is 0 Å². The molecule has 22 heavy (non-hydrogen) atoms. The number of carbonyl (C=O) groups excluding carboxylic acids is 1. The number of rotatable bonds is 2. The smallest absolute Gasteiger partial charge is 0.201 e. The maximum Gasteiger partial charge on any atom is 0.201 e. The van der Waals surface area contributed by atoms with Gasteiger partial charge in [-0.1, -0.05) is 36.4 Å². The summed E-state index contributed by atoms with van der Waals surface area (Å²) in [7, 11) is 1.97. The van der Waals surface area contributed by atoms with Gasteiger partial charge >= 0.3 is 0 Å². The molecule has 4 heteroatoms. The van der Waals surface area contributed by atoms with Crippen LogP contribution in [0.25, 0.3) is 10.8 Å². The lowest BCUT2D eigenvalue weighted by Gasteiger charge is -2.13. The average Bonchev–Trinajstić information content (AvgIpc) is 3.16. The van der Waals surface area contributed by atoms with E-state index >= 15 is 0 Å². The molecular formula is C18H15NOS2. The number of hydrogen-bond acceptors (Lipinski definition) is 3.